The number of nitrogens with one attached hydrogen (secondary N) is 1. The number of carbonyl (C=O) groups is 2. The van der Waals surface area contributed by atoms with E-state index in [9.17, 15) is 9.59 Å². The van der Waals surface area contributed by atoms with Crippen LogP contribution < -0.4 is 5.32 Å². The maximum atomic E-state index is 11.7. The molecule has 0 amide bonds. The van der Waals surface area contributed by atoms with E-state index in [1.807, 2.05) is 6.92 Å². The molecular weight excluding hydrogens is 282 g/mol. The van der Waals surface area contributed by atoms with Crippen molar-refractivity contribution in [3.8, 4) is 0 Å². The zero-order valence-corrected chi connectivity index (χ0v) is 12.5. The van der Waals surface area contributed by atoms with Gasteiger partial charge in [0.1, 0.15) is 5.01 Å². The molecule has 0 aromatic carbocycles. The van der Waals surface area contributed by atoms with Gasteiger partial charge in [0.05, 0.1) is 13.2 Å². The van der Waals surface area contributed by atoms with Crippen molar-refractivity contribution in [2.24, 2.45) is 0 Å². The van der Waals surface area contributed by atoms with Gasteiger partial charge in [-0.05, 0) is 20.3 Å². The lowest BCUT2D eigenvalue weighted by Crippen LogP contribution is -2.19. The average molecular weight is 299 g/mol. The van der Waals surface area contributed by atoms with Gasteiger partial charge in [0.15, 0.2) is 5.57 Å². The zero-order valence-electron chi connectivity index (χ0n) is 11.6. The van der Waals surface area contributed by atoms with Crippen LogP contribution in [-0.4, -0.2) is 35.3 Å². The second-order valence-corrected chi connectivity index (χ2v) is 4.56. The summed E-state index contributed by atoms with van der Waals surface area (Å²) >= 11 is 1.34. The van der Waals surface area contributed by atoms with Gasteiger partial charge in [0.25, 0.3) is 0 Å². The molecule has 1 aromatic heterocycles. The predicted octanol–water partition coefficient (Wildman–Crippen LogP) is 1.52. The molecule has 0 saturated heterocycles. The van der Waals surface area contributed by atoms with E-state index in [-0.39, 0.29) is 18.8 Å². The number of hydrogen-bond acceptors (Lipinski definition) is 8. The number of esters is 2. The maximum Gasteiger partial charge on any atom is 0.347 e. The minimum atomic E-state index is -0.737. The van der Waals surface area contributed by atoms with E-state index < -0.39 is 11.9 Å². The topological polar surface area (TPSA) is 90.4 Å². The minimum Gasteiger partial charge on any atom is -0.462 e. The number of carbonyl (C=O) groups excluding carboxylic acids is 2. The van der Waals surface area contributed by atoms with E-state index in [4.69, 9.17) is 9.47 Å². The van der Waals surface area contributed by atoms with E-state index in [0.717, 1.165) is 11.4 Å². The number of anilines is 1. The first-order valence-corrected chi connectivity index (χ1v) is 7.07. The smallest absolute Gasteiger partial charge is 0.347 e. The van der Waals surface area contributed by atoms with Crippen LogP contribution in [0.3, 0.4) is 0 Å². The summed E-state index contributed by atoms with van der Waals surface area (Å²) < 4.78 is 9.61. The molecule has 0 saturated carbocycles. The summed E-state index contributed by atoms with van der Waals surface area (Å²) in [4.78, 5) is 23.4. The third kappa shape index (κ3) is 4.61. The van der Waals surface area contributed by atoms with Gasteiger partial charge in [-0.15, -0.1) is 10.2 Å². The van der Waals surface area contributed by atoms with Crippen molar-refractivity contribution in [1.29, 1.82) is 0 Å². The molecule has 8 heteroatoms. The van der Waals surface area contributed by atoms with Crippen LogP contribution in [-0.2, 0) is 25.5 Å². The van der Waals surface area contributed by atoms with Crippen LogP contribution in [0.25, 0.3) is 0 Å². The van der Waals surface area contributed by atoms with Gasteiger partial charge in [-0.1, -0.05) is 18.3 Å². The highest BCUT2D eigenvalue weighted by Gasteiger charge is 2.21. The number of aromatic nitrogens is 2. The molecule has 1 N–H and O–H groups in total. The third-order valence-electron chi connectivity index (χ3n) is 2.10. The van der Waals surface area contributed by atoms with Gasteiger partial charge in [0, 0.05) is 6.20 Å². The molecule has 1 aromatic rings. The third-order valence-corrected chi connectivity index (χ3v) is 3.10. The Hall–Kier alpha value is -1.96. The van der Waals surface area contributed by atoms with Crippen molar-refractivity contribution < 1.29 is 19.1 Å². The van der Waals surface area contributed by atoms with Crippen molar-refractivity contribution in [2.75, 3.05) is 18.5 Å². The van der Waals surface area contributed by atoms with Gasteiger partial charge in [-0.2, -0.15) is 0 Å². The summed E-state index contributed by atoms with van der Waals surface area (Å²) in [5, 5.41) is 11.9. The van der Waals surface area contributed by atoms with Gasteiger partial charge in [0.2, 0.25) is 5.13 Å². The lowest BCUT2D eigenvalue weighted by atomic mass is 10.3. The first-order chi connectivity index (χ1) is 9.62. The maximum absolute atomic E-state index is 11.7. The summed E-state index contributed by atoms with van der Waals surface area (Å²) in [6, 6.07) is 0. The van der Waals surface area contributed by atoms with Gasteiger partial charge in [-0.3, -0.25) is 0 Å². The lowest BCUT2D eigenvalue weighted by molar-refractivity contribution is -0.146. The quantitative estimate of drug-likeness (QED) is 0.353. The Labute approximate surface area is 121 Å². The van der Waals surface area contributed by atoms with Gasteiger partial charge < -0.3 is 14.8 Å². The predicted molar refractivity (Wildman–Crippen MR) is 74.3 cm³/mol. The second-order valence-electron chi connectivity index (χ2n) is 3.50. The average Bonchev–Trinajstić information content (AvgIpc) is 2.87. The molecule has 0 atom stereocenters. The van der Waals surface area contributed by atoms with Crippen LogP contribution in [0.15, 0.2) is 11.8 Å². The zero-order chi connectivity index (χ0) is 15.0. The molecular formula is C12H17N3O4S. The van der Waals surface area contributed by atoms with Crippen LogP contribution in [0, 0.1) is 0 Å². The standard InChI is InChI=1S/C12H17N3O4S/c1-4-9-14-15-12(20-9)13-7-8(10(16)18-5-2)11(17)19-6-3/h7H,4-6H2,1-3H3,(H,13,15). The molecule has 0 bridgehead atoms. The van der Waals surface area contributed by atoms with E-state index in [2.05, 4.69) is 15.5 Å². The first kappa shape index (κ1) is 16.1. The largest absolute Gasteiger partial charge is 0.462 e. The van der Waals surface area contributed by atoms with E-state index in [1.165, 1.54) is 17.5 Å². The van der Waals surface area contributed by atoms with Crippen molar-refractivity contribution >= 4 is 28.4 Å². The summed E-state index contributed by atoms with van der Waals surface area (Å²) in [5.41, 5.74) is -0.207. The molecule has 1 heterocycles. The fraction of sp³-hybridized carbons (Fsp3) is 0.500. The number of rotatable bonds is 7. The Kier molecular flexibility index (Phi) is 6.65. The summed E-state index contributed by atoms with van der Waals surface area (Å²) in [5.74, 6) is -1.47. The molecule has 0 aliphatic rings. The van der Waals surface area contributed by atoms with Gasteiger partial charge in [-0.25, -0.2) is 9.59 Å². The number of hydrogen-bond donors (Lipinski definition) is 1. The van der Waals surface area contributed by atoms with Crippen LogP contribution >= 0.6 is 11.3 Å². The first-order valence-electron chi connectivity index (χ1n) is 6.25. The highest BCUT2D eigenvalue weighted by atomic mass is 32.1. The number of nitrogens with zero attached hydrogens (tertiary/aromatic N) is 2. The van der Waals surface area contributed by atoms with Crippen molar-refractivity contribution in [3.63, 3.8) is 0 Å². The Morgan fingerprint density at radius 1 is 1.15 bits per heavy atom. The Bertz CT molecular complexity index is 479. The monoisotopic (exact) mass is 299 g/mol. The van der Waals surface area contributed by atoms with Gasteiger partial charge >= 0.3 is 11.9 Å². The van der Waals surface area contributed by atoms with Crippen LogP contribution in [0.2, 0.25) is 0 Å². The van der Waals surface area contributed by atoms with Crippen LogP contribution in [0.5, 0.6) is 0 Å². The molecule has 0 unspecified atom stereocenters. The van der Waals surface area contributed by atoms with Crippen molar-refractivity contribution in [3.05, 3.63) is 16.8 Å². The van der Waals surface area contributed by atoms with E-state index >= 15 is 0 Å². The fourth-order valence-corrected chi connectivity index (χ4v) is 1.86. The Morgan fingerprint density at radius 3 is 2.20 bits per heavy atom. The molecule has 0 spiro atoms. The molecule has 20 heavy (non-hydrogen) atoms. The molecule has 0 fully saturated rings. The van der Waals surface area contributed by atoms with Crippen LogP contribution in [0.4, 0.5) is 5.13 Å². The van der Waals surface area contributed by atoms with E-state index in [1.54, 1.807) is 13.8 Å². The normalized spacial score (nSPS) is 9.75. The Balaban J connectivity index is 2.83. The number of ether oxygens (including phenoxy) is 2. The number of aryl methyl sites for hydroxylation is 1. The second kappa shape index (κ2) is 8.26. The summed E-state index contributed by atoms with van der Waals surface area (Å²) in [6.07, 6.45) is 2.00. The molecule has 110 valence electrons. The SMILES string of the molecule is CCOC(=O)C(=CNc1nnc(CC)s1)C(=O)OCC. The fourth-order valence-electron chi connectivity index (χ4n) is 1.21. The molecule has 0 radical (unpaired) electrons. The van der Waals surface area contributed by atoms with Crippen LogP contribution in [0.1, 0.15) is 25.8 Å². The van der Waals surface area contributed by atoms with Crippen molar-refractivity contribution in [2.45, 2.75) is 27.2 Å². The Morgan fingerprint density at radius 2 is 1.75 bits per heavy atom. The summed E-state index contributed by atoms with van der Waals surface area (Å²) in [7, 11) is 0. The van der Waals surface area contributed by atoms with Crippen molar-refractivity contribution in [1.82, 2.24) is 10.2 Å². The molecule has 7 nitrogen and oxygen atoms in total. The minimum absolute atomic E-state index is 0.175. The molecule has 0 aliphatic carbocycles. The highest BCUT2D eigenvalue weighted by molar-refractivity contribution is 7.15. The molecule has 0 aliphatic heterocycles. The lowest BCUT2D eigenvalue weighted by Gasteiger charge is -2.06. The molecule has 1 rings (SSSR count). The summed E-state index contributed by atoms with van der Waals surface area (Å²) in [6.45, 7) is 5.63. The van der Waals surface area contributed by atoms with E-state index in [0.29, 0.717) is 5.13 Å². The highest BCUT2D eigenvalue weighted by Crippen LogP contribution is 2.16.